The molecule has 2 aromatic carbocycles. The van der Waals surface area contributed by atoms with Gasteiger partial charge in [-0.05, 0) is 30.3 Å². The van der Waals surface area contributed by atoms with E-state index >= 15 is 0 Å². The van der Waals surface area contributed by atoms with Gasteiger partial charge in [-0.15, -0.1) is 11.3 Å². The maximum Gasteiger partial charge on any atom is 0.291 e. The van der Waals surface area contributed by atoms with Gasteiger partial charge in [0.1, 0.15) is 0 Å². The largest absolute Gasteiger partial charge is 0.459 e. The summed E-state index contributed by atoms with van der Waals surface area (Å²) in [5.74, 6) is -0.482. The van der Waals surface area contributed by atoms with Crippen molar-refractivity contribution in [1.29, 1.82) is 0 Å². The van der Waals surface area contributed by atoms with Crippen LogP contribution in [-0.2, 0) is 0 Å². The number of carbonyl (C=O) groups excluding carboxylic acids is 2. The van der Waals surface area contributed by atoms with E-state index in [0.717, 1.165) is 11.3 Å². The molecule has 138 valence electrons. The molecule has 0 unspecified atom stereocenters. The van der Waals surface area contributed by atoms with Gasteiger partial charge >= 0.3 is 0 Å². The van der Waals surface area contributed by atoms with E-state index in [9.17, 15) is 9.59 Å². The zero-order chi connectivity index (χ0) is 19.3. The van der Waals surface area contributed by atoms with Crippen molar-refractivity contribution < 1.29 is 14.0 Å². The van der Waals surface area contributed by atoms with Gasteiger partial charge in [-0.25, -0.2) is 4.98 Å². The number of nitrogens with one attached hydrogen (secondary N) is 2. The lowest BCUT2D eigenvalue weighted by Gasteiger charge is -2.06. The van der Waals surface area contributed by atoms with Gasteiger partial charge in [-0.1, -0.05) is 36.4 Å². The molecule has 4 aromatic rings. The lowest BCUT2D eigenvalue weighted by atomic mass is 10.2. The molecule has 0 fully saturated rings. The van der Waals surface area contributed by atoms with E-state index in [1.807, 2.05) is 35.7 Å². The minimum Gasteiger partial charge on any atom is -0.459 e. The second kappa shape index (κ2) is 7.89. The topological polar surface area (TPSA) is 84.2 Å². The average molecular weight is 389 g/mol. The van der Waals surface area contributed by atoms with E-state index in [1.54, 1.807) is 36.4 Å². The van der Waals surface area contributed by atoms with Crippen LogP contribution >= 0.6 is 11.3 Å². The van der Waals surface area contributed by atoms with Crippen molar-refractivity contribution in [3.8, 4) is 11.3 Å². The first-order valence-electron chi connectivity index (χ1n) is 8.46. The number of aromatic nitrogens is 1. The van der Waals surface area contributed by atoms with Crippen LogP contribution in [-0.4, -0.2) is 16.8 Å². The number of amides is 2. The summed E-state index contributed by atoms with van der Waals surface area (Å²) in [5.41, 5.74) is 2.70. The molecule has 7 heteroatoms. The van der Waals surface area contributed by atoms with E-state index < -0.39 is 0 Å². The molecule has 0 aliphatic carbocycles. The number of rotatable bonds is 5. The molecule has 0 bridgehead atoms. The Balaban J connectivity index is 1.45. The summed E-state index contributed by atoms with van der Waals surface area (Å²) in [4.78, 5) is 29.1. The van der Waals surface area contributed by atoms with Crippen LogP contribution in [0.5, 0.6) is 0 Å². The molecule has 0 spiro atoms. The Hall–Kier alpha value is -3.71. The molecule has 0 aliphatic heterocycles. The first kappa shape index (κ1) is 17.7. The highest BCUT2D eigenvalue weighted by Gasteiger charge is 2.13. The average Bonchev–Trinajstić information content (AvgIpc) is 3.41. The summed E-state index contributed by atoms with van der Waals surface area (Å²) in [6.45, 7) is 0. The molecule has 4 rings (SSSR count). The lowest BCUT2D eigenvalue weighted by Crippen LogP contribution is -2.14. The molecule has 0 saturated carbocycles. The highest BCUT2D eigenvalue weighted by molar-refractivity contribution is 7.14. The summed E-state index contributed by atoms with van der Waals surface area (Å²) in [6.07, 6.45) is 1.43. The number of thiazole rings is 1. The number of benzene rings is 2. The van der Waals surface area contributed by atoms with E-state index in [2.05, 4.69) is 15.6 Å². The molecule has 2 N–H and O–H groups in total. The fourth-order valence-electron chi connectivity index (χ4n) is 2.58. The normalized spacial score (nSPS) is 10.4. The van der Waals surface area contributed by atoms with Crippen molar-refractivity contribution in [3.05, 3.63) is 89.7 Å². The van der Waals surface area contributed by atoms with Gasteiger partial charge in [-0.3, -0.25) is 14.9 Å². The molecule has 0 saturated heterocycles. The second-order valence-corrected chi connectivity index (χ2v) is 6.73. The fraction of sp³-hybridized carbons (Fsp3) is 0. The molecule has 0 aliphatic rings. The summed E-state index contributed by atoms with van der Waals surface area (Å²) < 4.78 is 5.06. The molecule has 6 nitrogen and oxygen atoms in total. The molecular formula is C21H15N3O3S. The van der Waals surface area contributed by atoms with Crippen molar-refractivity contribution in [3.63, 3.8) is 0 Å². The number of hydrogen-bond acceptors (Lipinski definition) is 5. The van der Waals surface area contributed by atoms with Crippen molar-refractivity contribution in [2.45, 2.75) is 0 Å². The highest BCUT2D eigenvalue weighted by Crippen LogP contribution is 2.25. The number of carbonyl (C=O) groups is 2. The number of furan rings is 1. The van der Waals surface area contributed by atoms with Gasteiger partial charge in [-0.2, -0.15) is 0 Å². The Morgan fingerprint density at radius 1 is 0.893 bits per heavy atom. The Morgan fingerprint density at radius 2 is 1.75 bits per heavy atom. The van der Waals surface area contributed by atoms with Gasteiger partial charge in [0.05, 0.1) is 12.0 Å². The van der Waals surface area contributed by atoms with E-state index in [1.165, 1.54) is 17.6 Å². The van der Waals surface area contributed by atoms with Gasteiger partial charge < -0.3 is 9.73 Å². The van der Waals surface area contributed by atoms with Crippen molar-refractivity contribution >= 4 is 34.0 Å². The minimum atomic E-state index is -0.380. The third-order valence-corrected chi connectivity index (χ3v) is 4.68. The van der Waals surface area contributed by atoms with Crippen LogP contribution in [0.25, 0.3) is 11.3 Å². The summed E-state index contributed by atoms with van der Waals surface area (Å²) >= 11 is 1.36. The summed E-state index contributed by atoms with van der Waals surface area (Å²) in [5, 5.41) is 7.90. The summed E-state index contributed by atoms with van der Waals surface area (Å²) in [6, 6.07) is 19.6. The quantitative estimate of drug-likeness (QED) is 0.508. The van der Waals surface area contributed by atoms with Gasteiger partial charge in [0.25, 0.3) is 11.8 Å². The van der Waals surface area contributed by atoms with Gasteiger partial charge in [0.15, 0.2) is 10.9 Å². The summed E-state index contributed by atoms with van der Waals surface area (Å²) in [7, 11) is 0. The van der Waals surface area contributed by atoms with Crippen molar-refractivity contribution in [1.82, 2.24) is 4.98 Å². The SMILES string of the molecule is O=C(Nc1nc(-c2ccccc2)cs1)c1cccc(NC(=O)c2ccco2)c1. The van der Waals surface area contributed by atoms with Crippen LogP contribution in [0.2, 0.25) is 0 Å². The third kappa shape index (κ3) is 3.99. The first-order chi connectivity index (χ1) is 13.7. The maximum atomic E-state index is 12.6. The van der Waals surface area contributed by atoms with Gasteiger partial charge in [0.2, 0.25) is 0 Å². The van der Waals surface area contributed by atoms with Crippen LogP contribution in [0.3, 0.4) is 0 Å². The maximum absolute atomic E-state index is 12.6. The van der Waals surface area contributed by atoms with Crippen LogP contribution < -0.4 is 10.6 Å². The van der Waals surface area contributed by atoms with Crippen molar-refractivity contribution in [2.75, 3.05) is 10.6 Å². The second-order valence-electron chi connectivity index (χ2n) is 5.87. The van der Waals surface area contributed by atoms with Crippen molar-refractivity contribution in [2.24, 2.45) is 0 Å². The van der Waals surface area contributed by atoms with Crippen LogP contribution in [0.1, 0.15) is 20.9 Å². The third-order valence-electron chi connectivity index (χ3n) is 3.92. The molecule has 28 heavy (non-hydrogen) atoms. The lowest BCUT2D eigenvalue weighted by molar-refractivity contribution is 0.0993. The molecule has 2 amide bonds. The standard InChI is InChI=1S/C21H15N3O3S/c25-19(24-21-23-17(13-28-21)14-6-2-1-3-7-14)15-8-4-9-16(12-15)22-20(26)18-10-5-11-27-18/h1-13H,(H,22,26)(H,23,24,25). The smallest absolute Gasteiger partial charge is 0.291 e. The molecule has 2 aromatic heterocycles. The first-order valence-corrected chi connectivity index (χ1v) is 9.34. The molecule has 2 heterocycles. The van der Waals surface area contributed by atoms with E-state index in [-0.39, 0.29) is 17.6 Å². The van der Waals surface area contributed by atoms with Gasteiger partial charge in [0, 0.05) is 22.2 Å². The van der Waals surface area contributed by atoms with Crippen LogP contribution in [0, 0.1) is 0 Å². The Bertz CT molecular complexity index is 1100. The number of nitrogens with zero attached hydrogens (tertiary/aromatic N) is 1. The fourth-order valence-corrected chi connectivity index (χ4v) is 3.30. The Kier molecular flexibility index (Phi) is 4.99. The predicted octanol–water partition coefficient (Wildman–Crippen LogP) is 4.91. The molecule has 0 atom stereocenters. The Labute approximate surface area is 164 Å². The number of hydrogen-bond donors (Lipinski definition) is 2. The number of anilines is 2. The van der Waals surface area contributed by atoms with E-state index in [0.29, 0.717) is 16.4 Å². The van der Waals surface area contributed by atoms with Crippen LogP contribution in [0.4, 0.5) is 10.8 Å². The van der Waals surface area contributed by atoms with Crippen LogP contribution in [0.15, 0.2) is 82.8 Å². The zero-order valence-corrected chi connectivity index (χ0v) is 15.4. The zero-order valence-electron chi connectivity index (χ0n) is 14.6. The molecule has 0 radical (unpaired) electrons. The minimum absolute atomic E-state index is 0.200. The monoisotopic (exact) mass is 389 g/mol. The predicted molar refractivity (Wildman–Crippen MR) is 109 cm³/mol. The highest BCUT2D eigenvalue weighted by atomic mass is 32.1. The van der Waals surface area contributed by atoms with E-state index in [4.69, 9.17) is 4.42 Å². The molecular weight excluding hydrogens is 374 g/mol. The Morgan fingerprint density at radius 3 is 2.54 bits per heavy atom.